The number of pyridine rings is 1. The van der Waals surface area contributed by atoms with E-state index in [0.717, 1.165) is 36.7 Å². The molecule has 0 unspecified atom stereocenters. The smallest absolute Gasteiger partial charge is 0.366 e. The number of nitrogens with one attached hydrogen (secondary N) is 1. The minimum atomic E-state index is -4.72. The van der Waals surface area contributed by atoms with Crippen molar-refractivity contribution in [3.63, 3.8) is 0 Å². The number of hydrogen-bond donors (Lipinski definition) is 1. The fourth-order valence-corrected chi connectivity index (χ4v) is 2.81. The number of aromatic amines is 1. The zero-order valence-electron chi connectivity index (χ0n) is 13.4. The van der Waals surface area contributed by atoms with E-state index < -0.39 is 40.0 Å². The number of hydrogen-bond acceptors (Lipinski definition) is 1. The van der Waals surface area contributed by atoms with Crippen LogP contribution in [-0.2, 0) is 12.4 Å². The fraction of sp³-hybridized carbons (Fsp3) is 0.105. The van der Waals surface area contributed by atoms with Gasteiger partial charge in [-0.1, -0.05) is 36.4 Å². The molecule has 1 heterocycles. The first-order chi connectivity index (χ1) is 12.6. The molecule has 0 aliphatic carbocycles. The molecule has 0 atom stereocenters. The maximum atomic E-state index is 13.2. The number of benzene rings is 2. The van der Waals surface area contributed by atoms with Crippen molar-refractivity contribution in [1.82, 2.24) is 4.98 Å². The second-order valence-electron chi connectivity index (χ2n) is 5.70. The van der Waals surface area contributed by atoms with E-state index in [9.17, 15) is 31.1 Å². The van der Waals surface area contributed by atoms with Gasteiger partial charge < -0.3 is 4.98 Å². The van der Waals surface area contributed by atoms with Crippen molar-refractivity contribution in [3.8, 4) is 22.3 Å². The van der Waals surface area contributed by atoms with Crippen LogP contribution in [0.5, 0.6) is 0 Å². The van der Waals surface area contributed by atoms with Crippen LogP contribution in [0, 0.1) is 0 Å². The van der Waals surface area contributed by atoms with Crippen molar-refractivity contribution in [2.24, 2.45) is 0 Å². The molecule has 0 fully saturated rings. The monoisotopic (exact) mass is 383 g/mol. The summed E-state index contributed by atoms with van der Waals surface area (Å²) in [4.78, 5) is 15.3. The lowest BCUT2D eigenvalue weighted by Gasteiger charge is -2.15. The summed E-state index contributed by atoms with van der Waals surface area (Å²) in [6, 6.07) is 8.81. The summed E-state index contributed by atoms with van der Waals surface area (Å²) in [7, 11) is 0. The summed E-state index contributed by atoms with van der Waals surface area (Å²) >= 11 is 0. The number of halogens is 6. The average molecular weight is 383 g/mol. The Morgan fingerprint density at radius 3 is 1.33 bits per heavy atom. The molecule has 0 aliphatic rings. The Labute approximate surface area is 149 Å². The van der Waals surface area contributed by atoms with Crippen LogP contribution in [-0.4, -0.2) is 4.98 Å². The van der Waals surface area contributed by atoms with Gasteiger partial charge in [-0.15, -0.1) is 0 Å². The number of aromatic nitrogens is 1. The highest BCUT2D eigenvalue weighted by atomic mass is 19.4. The maximum absolute atomic E-state index is 13.2. The zero-order chi connectivity index (χ0) is 19.8. The molecular weight excluding hydrogens is 372 g/mol. The predicted octanol–water partition coefficient (Wildman–Crippen LogP) is 5.75. The Balaban J connectivity index is 2.27. The van der Waals surface area contributed by atoms with E-state index in [0.29, 0.717) is 0 Å². The summed E-state index contributed by atoms with van der Waals surface area (Å²) in [6.45, 7) is 0. The van der Waals surface area contributed by atoms with Gasteiger partial charge in [-0.05, 0) is 23.3 Å². The van der Waals surface area contributed by atoms with Gasteiger partial charge in [0.05, 0.1) is 11.1 Å². The maximum Gasteiger partial charge on any atom is 0.417 e. The molecule has 27 heavy (non-hydrogen) atoms. The van der Waals surface area contributed by atoms with Crippen LogP contribution in [0.1, 0.15) is 11.1 Å². The first kappa shape index (κ1) is 18.8. The van der Waals surface area contributed by atoms with E-state index in [1.54, 1.807) is 0 Å². The molecule has 0 bridgehead atoms. The normalized spacial score (nSPS) is 12.2. The van der Waals surface area contributed by atoms with Crippen LogP contribution in [0.2, 0.25) is 0 Å². The third kappa shape index (κ3) is 3.60. The molecule has 0 aliphatic heterocycles. The van der Waals surface area contributed by atoms with Gasteiger partial charge >= 0.3 is 12.4 Å². The van der Waals surface area contributed by atoms with Crippen LogP contribution in [0.3, 0.4) is 0 Å². The van der Waals surface area contributed by atoms with Crippen molar-refractivity contribution in [2.45, 2.75) is 12.4 Å². The average Bonchev–Trinajstić information content (AvgIpc) is 2.60. The third-order valence-corrected chi connectivity index (χ3v) is 3.99. The Morgan fingerprint density at radius 1 is 0.593 bits per heavy atom. The van der Waals surface area contributed by atoms with Crippen molar-refractivity contribution in [2.75, 3.05) is 0 Å². The van der Waals surface area contributed by atoms with Gasteiger partial charge in [0, 0.05) is 23.5 Å². The summed E-state index contributed by atoms with van der Waals surface area (Å²) < 4.78 is 79.5. The van der Waals surface area contributed by atoms with Gasteiger partial charge in [0.25, 0.3) is 0 Å². The highest BCUT2D eigenvalue weighted by Crippen LogP contribution is 2.38. The van der Waals surface area contributed by atoms with Crippen LogP contribution < -0.4 is 5.43 Å². The first-order valence-corrected chi connectivity index (χ1v) is 7.65. The van der Waals surface area contributed by atoms with E-state index >= 15 is 0 Å². The fourth-order valence-electron chi connectivity index (χ4n) is 2.81. The lowest BCUT2D eigenvalue weighted by atomic mass is 9.95. The number of rotatable bonds is 2. The third-order valence-electron chi connectivity index (χ3n) is 3.99. The second-order valence-corrected chi connectivity index (χ2v) is 5.70. The second kappa shape index (κ2) is 6.61. The Hall–Kier alpha value is -3.03. The van der Waals surface area contributed by atoms with Gasteiger partial charge in [0.1, 0.15) is 0 Å². The van der Waals surface area contributed by atoms with Crippen LogP contribution in [0.25, 0.3) is 22.3 Å². The summed E-state index contributed by atoms with van der Waals surface area (Å²) in [5.41, 5.74) is -4.55. The summed E-state index contributed by atoms with van der Waals surface area (Å²) in [6.07, 6.45) is -7.34. The minimum absolute atomic E-state index is 0.364. The van der Waals surface area contributed by atoms with E-state index in [1.165, 1.54) is 24.3 Å². The number of H-pyrrole nitrogens is 1. The van der Waals surface area contributed by atoms with Gasteiger partial charge in [-0.25, -0.2) is 0 Å². The van der Waals surface area contributed by atoms with E-state index in [4.69, 9.17) is 0 Å². The molecule has 0 spiro atoms. The summed E-state index contributed by atoms with van der Waals surface area (Å²) in [5.74, 6) is 0. The van der Waals surface area contributed by atoms with E-state index in [-0.39, 0.29) is 11.1 Å². The summed E-state index contributed by atoms with van der Waals surface area (Å²) in [5, 5.41) is 0. The topological polar surface area (TPSA) is 32.9 Å². The molecule has 2 nitrogen and oxygen atoms in total. The van der Waals surface area contributed by atoms with Crippen molar-refractivity contribution < 1.29 is 26.3 Å². The quantitative estimate of drug-likeness (QED) is 0.562. The van der Waals surface area contributed by atoms with Gasteiger partial charge in [-0.3, -0.25) is 4.79 Å². The van der Waals surface area contributed by atoms with Crippen molar-refractivity contribution in [3.05, 3.63) is 82.3 Å². The van der Waals surface area contributed by atoms with Crippen molar-refractivity contribution in [1.29, 1.82) is 0 Å². The molecule has 1 aromatic heterocycles. The molecule has 140 valence electrons. The number of alkyl halides is 6. The molecule has 8 heteroatoms. The predicted molar refractivity (Wildman–Crippen MR) is 87.9 cm³/mol. The largest absolute Gasteiger partial charge is 0.417 e. The highest BCUT2D eigenvalue weighted by Gasteiger charge is 2.35. The molecule has 1 N–H and O–H groups in total. The van der Waals surface area contributed by atoms with Gasteiger partial charge in [0.15, 0.2) is 5.43 Å². The molecule has 2 aromatic carbocycles. The molecular formula is C19H11F6NO. The SMILES string of the molecule is O=c1c(-c2ccccc2C(F)(F)F)c[nH]cc1-c1ccccc1C(F)(F)F. The lowest BCUT2D eigenvalue weighted by molar-refractivity contribution is -0.137. The van der Waals surface area contributed by atoms with E-state index in [1.807, 2.05) is 0 Å². The first-order valence-electron chi connectivity index (χ1n) is 7.65. The molecule has 0 radical (unpaired) electrons. The Kier molecular flexibility index (Phi) is 4.59. The van der Waals surface area contributed by atoms with Gasteiger partial charge in [0.2, 0.25) is 0 Å². The Morgan fingerprint density at radius 2 is 0.963 bits per heavy atom. The van der Waals surface area contributed by atoms with Crippen LogP contribution in [0.15, 0.2) is 65.7 Å². The van der Waals surface area contributed by atoms with Crippen LogP contribution >= 0.6 is 0 Å². The minimum Gasteiger partial charge on any atom is -0.366 e. The van der Waals surface area contributed by atoms with Gasteiger partial charge in [-0.2, -0.15) is 26.3 Å². The highest BCUT2D eigenvalue weighted by molar-refractivity contribution is 5.75. The molecule has 0 saturated heterocycles. The molecule has 0 amide bonds. The van der Waals surface area contributed by atoms with Crippen molar-refractivity contribution >= 4 is 0 Å². The molecule has 0 saturated carbocycles. The van der Waals surface area contributed by atoms with E-state index in [2.05, 4.69) is 4.98 Å². The Bertz CT molecular complexity index is 954. The zero-order valence-corrected chi connectivity index (χ0v) is 13.4. The molecule has 3 rings (SSSR count). The standard InChI is InChI=1S/C19H11F6NO/c20-18(21,22)15-7-3-1-5-11(15)13-9-26-10-14(17(13)27)12-6-2-4-8-16(12)19(23,24)25/h1-10H,(H,26,27). The van der Waals surface area contributed by atoms with Crippen LogP contribution in [0.4, 0.5) is 26.3 Å². The lowest BCUT2D eigenvalue weighted by Crippen LogP contribution is -2.15. The molecule has 3 aromatic rings.